The first-order valence-corrected chi connectivity index (χ1v) is 6.11. The zero-order chi connectivity index (χ0) is 14.6. The van der Waals surface area contributed by atoms with Crippen molar-refractivity contribution in [2.75, 3.05) is 25.5 Å². The van der Waals surface area contributed by atoms with E-state index in [1.807, 2.05) is 31.2 Å². The molecule has 1 atom stereocenters. The van der Waals surface area contributed by atoms with Crippen LogP contribution in [0.2, 0.25) is 0 Å². The molecule has 0 saturated heterocycles. The van der Waals surface area contributed by atoms with Crippen molar-refractivity contribution in [3.63, 3.8) is 0 Å². The number of aliphatic carboxylic acids is 1. The molecule has 0 aliphatic rings. The Morgan fingerprint density at radius 1 is 1.26 bits per heavy atom. The number of carbonyl (C=O) groups is 2. The van der Waals surface area contributed by atoms with Gasteiger partial charge in [-0.3, -0.25) is 9.69 Å². The van der Waals surface area contributed by atoms with Crippen LogP contribution in [0.5, 0.6) is 0 Å². The maximum atomic E-state index is 12.2. The molecule has 5 nitrogen and oxygen atoms in total. The highest BCUT2D eigenvalue weighted by molar-refractivity contribution is 5.92. The number of nitrogens with zero attached hydrogens (tertiary/aromatic N) is 2. The molecule has 0 heterocycles. The van der Waals surface area contributed by atoms with Crippen molar-refractivity contribution >= 4 is 17.7 Å². The van der Waals surface area contributed by atoms with E-state index in [1.54, 1.807) is 21.0 Å². The van der Waals surface area contributed by atoms with Gasteiger partial charge >= 0.3 is 12.0 Å². The van der Waals surface area contributed by atoms with Crippen LogP contribution in [0, 0.1) is 12.8 Å². The lowest BCUT2D eigenvalue weighted by molar-refractivity contribution is -0.141. The van der Waals surface area contributed by atoms with Gasteiger partial charge in [0.2, 0.25) is 0 Å². The quantitative estimate of drug-likeness (QED) is 0.907. The fraction of sp³-hybridized carbons (Fsp3) is 0.429. The molecule has 0 aromatic heterocycles. The Morgan fingerprint density at radius 2 is 1.84 bits per heavy atom. The summed E-state index contributed by atoms with van der Waals surface area (Å²) in [6, 6.07) is 7.35. The zero-order valence-corrected chi connectivity index (χ0v) is 11.8. The van der Waals surface area contributed by atoms with Crippen LogP contribution in [-0.2, 0) is 4.79 Å². The number of benzene rings is 1. The highest BCUT2D eigenvalue weighted by atomic mass is 16.4. The molecular formula is C14H20N2O3. The van der Waals surface area contributed by atoms with Crippen LogP contribution >= 0.6 is 0 Å². The summed E-state index contributed by atoms with van der Waals surface area (Å²) in [5, 5.41) is 8.86. The molecule has 19 heavy (non-hydrogen) atoms. The Labute approximate surface area is 113 Å². The first kappa shape index (κ1) is 15.0. The van der Waals surface area contributed by atoms with E-state index in [-0.39, 0.29) is 12.6 Å². The minimum absolute atomic E-state index is 0.185. The molecule has 1 aromatic carbocycles. The maximum Gasteiger partial charge on any atom is 0.323 e. The van der Waals surface area contributed by atoms with Gasteiger partial charge in [-0.25, -0.2) is 4.79 Å². The smallest absolute Gasteiger partial charge is 0.323 e. The third-order valence-corrected chi connectivity index (χ3v) is 3.06. The largest absolute Gasteiger partial charge is 0.481 e. The second kappa shape index (κ2) is 6.22. The number of hydrogen-bond donors (Lipinski definition) is 1. The van der Waals surface area contributed by atoms with E-state index >= 15 is 0 Å². The molecule has 0 fully saturated rings. The van der Waals surface area contributed by atoms with Gasteiger partial charge in [0, 0.05) is 26.3 Å². The number of para-hydroxylation sites is 1. The van der Waals surface area contributed by atoms with Gasteiger partial charge in [-0.15, -0.1) is 0 Å². The van der Waals surface area contributed by atoms with Crippen LogP contribution in [0.3, 0.4) is 0 Å². The lowest BCUT2D eigenvalue weighted by atomic mass is 10.1. The molecule has 1 aromatic rings. The summed E-state index contributed by atoms with van der Waals surface area (Å²) in [5.41, 5.74) is 1.82. The van der Waals surface area contributed by atoms with Gasteiger partial charge in [-0.05, 0) is 18.6 Å². The van der Waals surface area contributed by atoms with Crippen molar-refractivity contribution in [1.29, 1.82) is 0 Å². The van der Waals surface area contributed by atoms with Crippen LogP contribution < -0.4 is 4.90 Å². The second-order valence-corrected chi connectivity index (χ2v) is 4.75. The fourth-order valence-electron chi connectivity index (χ4n) is 1.87. The number of anilines is 1. The maximum absolute atomic E-state index is 12.2. The summed E-state index contributed by atoms with van der Waals surface area (Å²) in [4.78, 5) is 26.0. The summed E-state index contributed by atoms with van der Waals surface area (Å²) in [7, 11) is 3.29. The van der Waals surface area contributed by atoms with Crippen LogP contribution in [0.1, 0.15) is 12.5 Å². The predicted octanol–water partition coefficient (Wildman–Crippen LogP) is 2.20. The minimum atomic E-state index is -0.904. The van der Waals surface area contributed by atoms with E-state index in [1.165, 1.54) is 9.80 Å². The van der Waals surface area contributed by atoms with Crippen LogP contribution in [0.4, 0.5) is 10.5 Å². The first-order chi connectivity index (χ1) is 8.84. The minimum Gasteiger partial charge on any atom is -0.481 e. The number of aryl methyl sites for hydroxylation is 1. The van der Waals surface area contributed by atoms with Crippen molar-refractivity contribution in [1.82, 2.24) is 4.90 Å². The zero-order valence-electron chi connectivity index (χ0n) is 11.8. The molecule has 0 aliphatic heterocycles. The Balaban J connectivity index is 2.77. The molecule has 0 radical (unpaired) electrons. The SMILES string of the molecule is Cc1ccccc1N(C)C(=O)N(C)CC(C)C(=O)O. The highest BCUT2D eigenvalue weighted by Gasteiger charge is 2.21. The van der Waals surface area contributed by atoms with Crippen molar-refractivity contribution in [2.24, 2.45) is 5.92 Å². The fourth-order valence-corrected chi connectivity index (χ4v) is 1.87. The summed E-state index contributed by atoms with van der Waals surface area (Å²) >= 11 is 0. The van der Waals surface area contributed by atoms with Crippen molar-refractivity contribution < 1.29 is 14.7 Å². The highest BCUT2D eigenvalue weighted by Crippen LogP contribution is 2.19. The van der Waals surface area contributed by atoms with E-state index in [2.05, 4.69) is 0 Å². The number of amides is 2. The molecule has 0 aliphatic carbocycles. The predicted molar refractivity (Wildman–Crippen MR) is 74.4 cm³/mol. The molecule has 0 spiro atoms. The summed E-state index contributed by atoms with van der Waals surface area (Å²) in [5.74, 6) is -1.49. The third-order valence-electron chi connectivity index (χ3n) is 3.06. The Kier molecular flexibility index (Phi) is 4.92. The summed E-state index contributed by atoms with van der Waals surface area (Å²) in [6.07, 6.45) is 0. The average molecular weight is 264 g/mol. The number of rotatable bonds is 4. The average Bonchev–Trinajstić information content (AvgIpc) is 2.37. The third kappa shape index (κ3) is 3.71. The summed E-state index contributed by atoms with van der Waals surface area (Å²) < 4.78 is 0. The lowest BCUT2D eigenvalue weighted by Crippen LogP contribution is -2.42. The van der Waals surface area contributed by atoms with Crippen LogP contribution in [0.25, 0.3) is 0 Å². The Morgan fingerprint density at radius 3 is 2.37 bits per heavy atom. The standard InChI is InChI=1S/C14H20N2O3/c1-10-7-5-6-8-12(10)16(4)14(19)15(3)9-11(2)13(17)18/h5-8,11H,9H2,1-4H3,(H,17,18). The number of carboxylic acid groups (broad SMARTS) is 1. The van der Waals surface area contributed by atoms with Crippen molar-refractivity contribution in [3.05, 3.63) is 29.8 Å². The van der Waals surface area contributed by atoms with Gasteiger partial charge in [0.15, 0.2) is 0 Å². The van der Waals surface area contributed by atoms with Crippen molar-refractivity contribution in [2.45, 2.75) is 13.8 Å². The van der Waals surface area contributed by atoms with Gasteiger partial charge in [-0.1, -0.05) is 25.1 Å². The Bertz CT molecular complexity index is 474. The molecule has 5 heteroatoms. The number of carboxylic acids is 1. The first-order valence-electron chi connectivity index (χ1n) is 6.11. The van der Waals surface area contributed by atoms with E-state index in [4.69, 9.17) is 5.11 Å². The molecular weight excluding hydrogens is 244 g/mol. The van der Waals surface area contributed by atoms with E-state index < -0.39 is 11.9 Å². The van der Waals surface area contributed by atoms with Gasteiger partial charge in [-0.2, -0.15) is 0 Å². The number of urea groups is 1. The monoisotopic (exact) mass is 264 g/mol. The number of carbonyl (C=O) groups excluding carboxylic acids is 1. The summed E-state index contributed by atoms with van der Waals surface area (Å²) in [6.45, 7) is 3.70. The molecule has 1 rings (SSSR count). The molecule has 1 N–H and O–H groups in total. The van der Waals surface area contributed by atoms with Crippen molar-refractivity contribution in [3.8, 4) is 0 Å². The Hall–Kier alpha value is -2.04. The topological polar surface area (TPSA) is 60.9 Å². The van der Waals surface area contributed by atoms with Gasteiger partial charge in [0.1, 0.15) is 0 Å². The molecule has 1 unspecified atom stereocenters. The van der Waals surface area contributed by atoms with Gasteiger partial charge in [0.05, 0.1) is 5.92 Å². The molecule has 2 amide bonds. The van der Waals surface area contributed by atoms with E-state index in [9.17, 15) is 9.59 Å². The van der Waals surface area contributed by atoms with Crippen LogP contribution in [-0.4, -0.2) is 42.6 Å². The molecule has 0 saturated carbocycles. The molecule has 104 valence electrons. The van der Waals surface area contributed by atoms with E-state index in [0.717, 1.165) is 11.3 Å². The number of hydrogen-bond acceptors (Lipinski definition) is 2. The molecule has 0 bridgehead atoms. The van der Waals surface area contributed by atoms with Gasteiger partial charge < -0.3 is 10.0 Å². The lowest BCUT2D eigenvalue weighted by Gasteiger charge is -2.27. The second-order valence-electron chi connectivity index (χ2n) is 4.75. The van der Waals surface area contributed by atoms with Gasteiger partial charge in [0.25, 0.3) is 0 Å². The van der Waals surface area contributed by atoms with E-state index in [0.29, 0.717) is 0 Å². The van der Waals surface area contributed by atoms with Crippen LogP contribution in [0.15, 0.2) is 24.3 Å². The normalized spacial score (nSPS) is 11.8.